The molecule has 1 aromatic heterocycles. The molecule has 1 aromatic rings. The van der Waals surface area contributed by atoms with Crippen LogP contribution in [0.1, 0.15) is 30.8 Å². The molecule has 1 heterocycles. The average Bonchev–Trinajstić information content (AvgIpc) is 2.10. The van der Waals surface area contributed by atoms with Gasteiger partial charge in [-0.3, -0.25) is 0 Å². The van der Waals surface area contributed by atoms with Gasteiger partial charge in [0.15, 0.2) is 0 Å². The van der Waals surface area contributed by atoms with Gasteiger partial charge in [-0.05, 0) is 25.3 Å². The van der Waals surface area contributed by atoms with Crippen molar-refractivity contribution in [1.82, 2.24) is 9.97 Å². The van der Waals surface area contributed by atoms with Gasteiger partial charge in [0.25, 0.3) is 0 Å². The number of alkyl halides is 3. The van der Waals surface area contributed by atoms with E-state index in [9.17, 15) is 13.2 Å². The first-order valence-corrected chi connectivity index (χ1v) is 5.03. The third kappa shape index (κ3) is 1.19. The molecule has 0 atom stereocenters. The molecular formula is C10H10F3N3. The van der Waals surface area contributed by atoms with Crippen molar-refractivity contribution in [3.05, 3.63) is 23.8 Å². The minimum atomic E-state index is -4.40. The van der Waals surface area contributed by atoms with E-state index in [1.54, 1.807) is 0 Å². The molecule has 3 aliphatic carbocycles. The van der Waals surface area contributed by atoms with Crippen LogP contribution < -0.4 is 5.73 Å². The Hall–Kier alpha value is -1.17. The number of nitrogens with two attached hydrogens (primary N) is 1. The summed E-state index contributed by atoms with van der Waals surface area (Å²) in [5.41, 5.74) is 4.57. The van der Waals surface area contributed by atoms with Crippen LogP contribution in [-0.2, 0) is 11.6 Å². The first-order chi connectivity index (χ1) is 7.33. The lowest BCUT2D eigenvalue weighted by molar-refractivity contribution is -0.142. The highest BCUT2D eigenvalue weighted by Crippen LogP contribution is 2.65. The molecule has 2 N–H and O–H groups in total. The zero-order valence-electron chi connectivity index (χ0n) is 8.38. The molecule has 0 radical (unpaired) electrons. The molecule has 86 valence electrons. The maximum absolute atomic E-state index is 12.5. The van der Waals surface area contributed by atoms with Gasteiger partial charge in [0.2, 0.25) is 0 Å². The maximum Gasteiger partial charge on any atom is 0.433 e. The molecule has 3 saturated carbocycles. The Balaban J connectivity index is 1.93. The van der Waals surface area contributed by atoms with Gasteiger partial charge >= 0.3 is 6.18 Å². The standard InChI is InChI=1S/C10H10F3N3/c11-10(12,13)6-1-2-15-7(16-6)8-3-9(14,4-8)5-8/h1-2H,3-5,14H2. The Kier molecular flexibility index (Phi) is 1.60. The van der Waals surface area contributed by atoms with Crippen molar-refractivity contribution in [2.24, 2.45) is 5.73 Å². The number of aromatic nitrogens is 2. The number of rotatable bonds is 1. The summed E-state index contributed by atoms with van der Waals surface area (Å²) in [6, 6.07) is 0.896. The quantitative estimate of drug-likeness (QED) is 0.796. The third-order valence-electron chi connectivity index (χ3n) is 3.49. The van der Waals surface area contributed by atoms with Crippen molar-refractivity contribution < 1.29 is 13.2 Å². The van der Waals surface area contributed by atoms with Crippen LogP contribution in [-0.4, -0.2) is 15.5 Å². The molecule has 3 fully saturated rings. The van der Waals surface area contributed by atoms with E-state index in [2.05, 4.69) is 9.97 Å². The summed E-state index contributed by atoms with van der Waals surface area (Å²) in [5.74, 6) is 0.301. The highest BCUT2D eigenvalue weighted by molar-refractivity contribution is 5.34. The van der Waals surface area contributed by atoms with Gasteiger partial charge in [-0.2, -0.15) is 13.2 Å². The van der Waals surface area contributed by atoms with Crippen molar-refractivity contribution >= 4 is 0 Å². The second-order valence-electron chi connectivity index (χ2n) is 4.94. The van der Waals surface area contributed by atoms with Gasteiger partial charge in [-0.15, -0.1) is 0 Å². The highest BCUT2D eigenvalue weighted by Gasteiger charge is 2.68. The predicted molar refractivity (Wildman–Crippen MR) is 49.5 cm³/mol. The van der Waals surface area contributed by atoms with E-state index in [1.807, 2.05) is 0 Å². The van der Waals surface area contributed by atoms with Gasteiger partial charge in [0.1, 0.15) is 11.5 Å². The monoisotopic (exact) mass is 229 g/mol. The van der Waals surface area contributed by atoms with E-state index in [1.165, 1.54) is 6.20 Å². The van der Waals surface area contributed by atoms with Crippen LogP contribution in [0.2, 0.25) is 0 Å². The molecule has 2 bridgehead atoms. The second kappa shape index (κ2) is 2.56. The lowest BCUT2D eigenvalue weighted by Gasteiger charge is -2.67. The SMILES string of the molecule is NC12CC(c3nccc(C(F)(F)F)n3)(C1)C2. The zero-order valence-corrected chi connectivity index (χ0v) is 8.38. The molecule has 16 heavy (non-hydrogen) atoms. The minimum absolute atomic E-state index is 0.155. The molecule has 6 heteroatoms. The summed E-state index contributed by atoms with van der Waals surface area (Å²) in [6.45, 7) is 0. The number of hydrogen-bond donors (Lipinski definition) is 1. The topological polar surface area (TPSA) is 51.8 Å². The van der Waals surface area contributed by atoms with Gasteiger partial charge in [0.05, 0.1) is 0 Å². The van der Waals surface area contributed by atoms with E-state index < -0.39 is 11.9 Å². The minimum Gasteiger partial charge on any atom is -0.325 e. The van der Waals surface area contributed by atoms with Crippen LogP contribution in [0, 0.1) is 0 Å². The number of hydrogen-bond acceptors (Lipinski definition) is 3. The fourth-order valence-corrected chi connectivity index (χ4v) is 2.88. The van der Waals surface area contributed by atoms with Crippen molar-refractivity contribution in [2.75, 3.05) is 0 Å². The molecule has 0 unspecified atom stereocenters. The molecular weight excluding hydrogens is 219 g/mol. The average molecular weight is 229 g/mol. The third-order valence-corrected chi connectivity index (χ3v) is 3.49. The van der Waals surface area contributed by atoms with E-state index in [-0.39, 0.29) is 11.0 Å². The summed E-state index contributed by atoms with van der Waals surface area (Å²) >= 11 is 0. The number of nitrogens with zero attached hydrogens (tertiary/aromatic N) is 2. The van der Waals surface area contributed by atoms with Crippen LogP contribution in [0.4, 0.5) is 13.2 Å². The van der Waals surface area contributed by atoms with E-state index in [0.717, 1.165) is 6.07 Å². The van der Waals surface area contributed by atoms with Crippen LogP contribution in [0.5, 0.6) is 0 Å². The van der Waals surface area contributed by atoms with Crippen LogP contribution in [0.15, 0.2) is 12.3 Å². The fourth-order valence-electron chi connectivity index (χ4n) is 2.88. The summed E-state index contributed by atoms with van der Waals surface area (Å²) < 4.78 is 37.4. The smallest absolute Gasteiger partial charge is 0.325 e. The molecule has 0 amide bonds. The Morgan fingerprint density at radius 2 is 1.88 bits per heavy atom. The molecule has 0 aliphatic heterocycles. The molecule has 3 nitrogen and oxygen atoms in total. The van der Waals surface area contributed by atoms with E-state index in [0.29, 0.717) is 25.1 Å². The van der Waals surface area contributed by atoms with Crippen molar-refractivity contribution in [2.45, 2.75) is 36.4 Å². The van der Waals surface area contributed by atoms with Crippen LogP contribution >= 0.6 is 0 Å². The first-order valence-electron chi connectivity index (χ1n) is 5.03. The summed E-state index contributed by atoms with van der Waals surface area (Å²) in [6.07, 6.45) is -1.10. The first kappa shape index (κ1) is 10.0. The second-order valence-corrected chi connectivity index (χ2v) is 4.94. The fraction of sp³-hybridized carbons (Fsp3) is 0.600. The largest absolute Gasteiger partial charge is 0.433 e. The Morgan fingerprint density at radius 1 is 1.25 bits per heavy atom. The van der Waals surface area contributed by atoms with Crippen LogP contribution in [0.3, 0.4) is 0 Å². The number of halogens is 3. The summed E-state index contributed by atoms with van der Waals surface area (Å²) in [7, 11) is 0. The molecule has 0 saturated heterocycles. The zero-order chi connectivity index (χ0) is 11.6. The normalized spacial score (nSPS) is 36.5. The van der Waals surface area contributed by atoms with E-state index >= 15 is 0 Å². The van der Waals surface area contributed by atoms with Gasteiger partial charge in [-0.1, -0.05) is 0 Å². The van der Waals surface area contributed by atoms with E-state index in [4.69, 9.17) is 5.73 Å². The van der Waals surface area contributed by atoms with Crippen molar-refractivity contribution in [3.63, 3.8) is 0 Å². The van der Waals surface area contributed by atoms with Crippen molar-refractivity contribution in [3.8, 4) is 0 Å². The maximum atomic E-state index is 12.5. The highest BCUT2D eigenvalue weighted by atomic mass is 19.4. The summed E-state index contributed by atoms with van der Waals surface area (Å²) in [5, 5.41) is 0. The van der Waals surface area contributed by atoms with Gasteiger partial charge in [-0.25, -0.2) is 9.97 Å². The lowest BCUT2D eigenvalue weighted by atomic mass is 9.39. The Bertz CT molecular complexity index is 435. The van der Waals surface area contributed by atoms with Gasteiger partial charge in [0, 0.05) is 17.2 Å². The van der Waals surface area contributed by atoms with Gasteiger partial charge < -0.3 is 5.73 Å². The Labute approximate surface area is 89.9 Å². The molecule has 4 rings (SSSR count). The summed E-state index contributed by atoms with van der Waals surface area (Å²) in [4.78, 5) is 7.56. The van der Waals surface area contributed by atoms with Crippen molar-refractivity contribution in [1.29, 1.82) is 0 Å². The molecule has 3 aliphatic rings. The Morgan fingerprint density at radius 3 is 2.38 bits per heavy atom. The molecule has 0 spiro atoms. The lowest BCUT2D eigenvalue weighted by Crippen LogP contribution is -2.74. The molecule has 0 aromatic carbocycles. The van der Waals surface area contributed by atoms with Crippen LogP contribution in [0.25, 0.3) is 0 Å². The predicted octanol–water partition coefficient (Wildman–Crippen LogP) is 1.63.